The van der Waals surface area contributed by atoms with E-state index in [1.165, 1.54) is 6.20 Å². The number of hydrogen-bond donors (Lipinski definition) is 3. The molecule has 0 atom stereocenters. The van der Waals surface area contributed by atoms with Gasteiger partial charge in [-0.15, -0.1) is 0 Å². The molecule has 0 aliphatic rings. The third-order valence-electron chi connectivity index (χ3n) is 2.88. The van der Waals surface area contributed by atoms with Gasteiger partial charge in [0, 0.05) is 12.4 Å². The van der Waals surface area contributed by atoms with Crippen LogP contribution in [-0.2, 0) is 0 Å². The highest BCUT2D eigenvalue weighted by atomic mass is 35.5. The molecular weight excluding hydrogens is 320 g/mol. The lowest BCUT2D eigenvalue weighted by molar-refractivity contribution is 0.0944. The summed E-state index contributed by atoms with van der Waals surface area (Å²) in [7, 11) is 0. The average molecular weight is 335 g/mol. The van der Waals surface area contributed by atoms with Crippen LogP contribution in [0.1, 0.15) is 21.5 Å². The lowest BCUT2D eigenvalue weighted by Crippen LogP contribution is -2.43. The van der Waals surface area contributed by atoms with E-state index in [9.17, 15) is 4.79 Å². The number of hydrogen-bond acceptors (Lipinski definition) is 3. The van der Waals surface area contributed by atoms with Crippen LogP contribution in [0.3, 0.4) is 0 Å². The minimum absolute atomic E-state index is 0.242. The maximum Gasteiger partial charge on any atom is 0.271 e. The smallest absolute Gasteiger partial charge is 0.271 e. The van der Waals surface area contributed by atoms with E-state index in [4.69, 9.17) is 23.8 Å². The van der Waals surface area contributed by atoms with Crippen molar-refractivity contribution >= 4 is 40.5 Å². The molecule has 0 bridgehead atoms. The maximum absolute atomic E-state index is 11.9. The molecule has 22 heavy (non-hydrogen) atoms. The molecule has 5 nitrogen and oxygen atoms in total. The first-order chi connectivity index (χ1) is 10.5. The summed E-state index contributed by atoms with van der Waals surface area (Å²) in [4.78, 5) is 15.7. The fourth-order valence-corrected chi connectivity index (χ4v) is 2.42. The van der Waals surface area contributed by atoms with Crippen molar-refractivity contribution in [1.29, 1.82) is 0 Å². The zero-order valence-electron chi connectivity index (χ0n) is 12.1. The Balaban J connectivity index is 1.95. The number of rotatable bonds is 2. The minimum atomic E-state index is -0.330. The van der Waals surface area contributed by atoms with E-state index in [0.717, 1.165) is 11.1 Å². The molecule has 1 heterocycles. The third-order valence-corrected chi connectivity index (χ3v) is 3.39. The van der Waals surface area contributed by atoms with Crippen molar-refractivity contribution in [1.82, 2.24) is 15.8 Å². The van der Waals surface area contributed by atoms with Gasteiger partial charge in [-0.05, 0) is 55.4 Å². The van der Waals surface area contributed by atoms with Gasteiger partial charge < -0.3 is 5.32 Å². The van der Waals surface area contributed by atoms with Crippen LogP contribution in [0, 0.1) is 13.8 Å². The molecule has 0 aliphatic heterocycles. The normalized spacial score (nSPS) is 9.95. The highest BCUT2D eigenvalue weighted by molar-refractivity contribution is 7.80. The van der Waals surface area contributed by atoms with E-state index in [1.807, 2.05) is 26.0 Å². The van der Waals surface area contributed by atoms with Crippen LogP contribution in [0.5, 0.6) is 0 Å². The van der Waals surface area contributed by atoms with Gasteiger partial charge in [-0.2, -0.15) is 0 Å². The van der Waals surface area contributed by atoms with Gasteiger partial charge in [0.05, 0.1) is 16.3 Å². The summed E-state index contributed by atoms with van der Waals surface area (Å²) in [6, 6.07) is 7.17. The Morgan fingerprint density at radius 1 is 1.27 bits per heavy atom. The fraction of sp³-hybridized carbons (Fsp3) is 0.133. The first-order valence-electron chi connectivity index (χ1n) is 6.51. The van der Waals surface area contributed by atoms with Crippen molar-refractivity contribution in [2.45, 2.75) is 13.8 Å². The quantitative estimate of drug-likeness (QED) is 0.582. The number of aryl methyl sites for hydroxylation is 2. The van der Waals surface area contributed by atoms with E-state index < -0.39 is 0 Å². The number of halogens is 1. The number of pyridine rings is 1. The molecule has 114 valence electrons. The van der Waals surface area contributed by atoms with Gasteiger partial charge in [-0.1, -0.05) is 17.7 Å². The molecule has 1 aromatic heterocycles. The van der Waals surface area contributed by atoms with E-state index in [1.54, 1.807) is 18.3 Å². The molecule has 3 N–H and O–H groups in total. The zero-order valence-corrected chi connectivity index (χ0v) is 13.7. The number of nitrogens with one attached hydrogen (secondary N) is 3. The van der Waals surface area contributed by atoms with Gasteiger partial charge in [0.25, 0.3) is 5.91 Å². The molecule has 0 saturated carbocycles. The van der Waals surface area contributed by atoms with Crippen molar-refractivity contribution in [2.75, 3.05) is 5.32 Å². The van der Waals surface area contributed by atoms with Gasteiger partial charge in [0.15, 0.2) is 5.11 Å². The van der Waals surface area contributed by atoms with Crippen molar-refractivity contribution in [3.63, 3.8) is 0 Å². The number of thiocarbonyl (C=S) groups is 1. The van der Waals surface area contributed by atoms with E-state index in [2.05, 4.69) is 21.2 Å². The second-order valence-electron chi connectivity index (χ2n) is 4.71. The summed E-state index contributed by atoms with van der Waals surface area (Å²) >= 11 is 11.3. The molecule has 0 fully saturated rings. The minimum Gasteiger partial charge on any atom is -0.330 e. The number of aromatic nitrogens is 1. The molecule has 0 saturated heterocycles. The van der Waals surface area contributed by atoms with Gasteiger partial charge in [-0.25, -0.2) is 0 Å². The van der Waals surface area contributed by atoms with Crippen LogP contribution in [0.2, 0.25) is 5.02 Å². The monoisotopic (exact) mass is 334 g/mol. The first kappa shape index (κ1) is 16.2. The molecule has 1 amide bonds. The summed E-state index contributed by atoms with van der Waals surface area (Å²) in [5.74, 6) is -0.330. The van der Waals surface area contributed by atoms with Crippen LogP contribution >= 0.6 is 23.8 Å². The molecule has 7 heteroatoms. The Bertz CT molecular complexity index is 683. The number of carbonyl (C=O) groups is 1. The van der Waals surface area contributed by atoms with Crippen molar-refractivity contribution in [2.24, 2.45) is 0 Å². The highest BCUT2D eigenvalue weighted by Crippen LogP contribution is 2.27. The van der Waals surface area contributed by atoms with Crippen LogP contribution < -0.4 is 16.2 Å². The molecule has 2 aromatic rings. The molecule has 2 rings (SSSR count). The van der Waals surface area contributed by atoms with Crippen molar-refractivity contribution < 1.29 is 4.79 Å². The number of anilines is 1. The Hall–Kier alpha value is -2.18. The highest BCUT2D eigenvalue weighted by Gasteiger charge is 2.09. The Kier molecular flexibility index (Phi) is 5.30. The second kappa shape index (κ2) is 7.20. The first-order valence-corrected chi connectivity index (χ1v) is 7.30. The van der Waals surface area contributed by atoms with Gasteiger partial charge in [0.1, 0.15) is 0 Å². The van der Waals surface area contributed by atoms with Crippen LogP contribution in [0.25, 0.3) is 0 Å². The van der Waals surface area contributed by atoms with E-state index in [0.29, 0.717) is 16.3 Å². The summed E-state index contributed by atoms with van der Waals surface area (Å²) in [5, 5.41) is 3.78. The van der Waals surface area contributed by atoms with Crippen LogP contribution in [0.4, 0.5) is 5.69 Å². The summed E-state index contributed by atoms with van der Waals surface area (Å²) in [6.07, 6.45) is 3.06. The van der Waals surface area contributed by atoms with Gasteiger partial charge in [0.2, 0.25) is 0 Å². The van der Waals surface area contributed by atoms with Crippen LogP contribution in [-0.4, -0.2) is 16.0 Å². The van der Waals surface area contributed by atoms with E-state index in [-0.39, 0.29) is 11.0 Å². The second-order valence-corrected chi connectivity index (χ2v) is 5.53. The van der Waals surface area contributed by atoms with Crippen LogP contribution in [0.15, 0.2) is 36.7 Å². The predicted molar refractivity (Wildman–Crippen MR) is 92.0 cm³/mol. The van der Waals surface area contributed by atoms with Gasteiger partial charge >= 0.3 is 0 Å². The zero-order chi connectivity index (χ0) is 16.1. The lowest BCUT2D eigenvalue weighted by Gasteiger charge is -2.15. The molecule has 0 spiro atoms. The molecular formula is C15H15ClN4OS. The topological polar surface area (TPSA) is 66.0 Å². The average Bonchev–Trinajstić information content (AvgIpc) is 2.49. The van der Waals surface area contributed by atoms with Crippen molar-refractivity contribution in [3.05, 3.63) is 58.4 Å². The van der Waals surface area contributed by atoms with Gasteiger partial charge in [-0.3, -0.25) is 20.6 Å². The molecule has 1 aromatic carbocycles. The molecule has 0 aliphatic carbocycles. The fourth-order valence-electron chi connectivity index (χ4n) is 1.90. The lowest BCUT2D eigenvalue weighted by atomic mass is 10.1. The van der Waals surface area contributed by atoms with E-state index >= 15 is 0 Å². The maximum atomic E-state index is 11.9. The summed E-state index contributed by atoms with van der Waals surface area (Å²) in [6.45, 7) is 3.89. The number of hydrazine groups is 1. The Morgan fingerprint density at radius 3 is 2.68 bits per heavy atom. The Morgan fingerprint density at radius 2 is 2.05 bits per heavy atom. The SMILES string of the molecule is Cc1cc(C)c(NC(=S)NNC(=O)c2cccnc2)c(Cl)c1. The number of nitrogens with zero attached hydrogens (tertiary/aromatic N) is 1. The number of carbonyl (C=O) groups excluding carboxylic acids is 1. The summed E-state index contributed by atoms with van der Waals surface area (Å²) < 4.78 is 0. The predicted octanol–water partition coefficient (Wildman–Crippen LogP) is 2.98. The summed E-state index contributed by atoms with van der Waals surface area (Å²) in [5.41, 5.74) is 8.30. The standard InChI is InChI=1S/C15H15ClN4OS/c1-9-6-10(2)13(12(16)7-9)18-15(22)20-19-14(21)11-4-3-5-17-8-11/h3-8H,1-2H3,(H,19,21)(H2,18,20,22). The third kappa shape index (κ3) is 4.16. The number of amides is 1. The molecule has 0 unspecified atom stereocenters. The number of benzene rings is 1. The van der Waals surface area contributed by atoms with Crippen molar-refractivity contribution in [3.8, 4) is 0 Å². The molecule has 0 radical (unpaired) electrons. The Labute approximate surface area is 139 Å². The largest absolute Gasteiger partial charge is 0.330 e.